The second-order valence-corrected chi connectivity index (χ2v) is 10.2. The number of carbonyl (C=O) groups is 2. The summed E-state index contributed by atoms with van der Waals surface area (Å²) in [6.45, 7) is 5.28. The van der Waals surface area contributed by atoms with Gasteiger partial charge in [0.2, 0.25) is 5.91 Å². The van der Waals surface area contributed by atoms with E-state index in [-0.39, 0.29) is 5.56 Å². The zero-order chi connectivity index (χ0) is 28.7. The van der Waals surface area contributed by atoms with Gasteiger partial charge in [-0.05, 0) is 49.6 Å². The summed E-state index contributed by atoms with van der Waals surface area (Å²) in [5.41, 5.74) is 2.25. The lowest BCUT2D eigenvalue weighted by atomic mass is 9.84. The molecule has 2 N–H and O–H groups in total. The Morgan fingerprint density at radius 2 is 1.43 bits per heavy atom. The lowest BCUT2D eigenvalue weighted by Crippen LogP contribution is -2.49. The van der Waals surface area contributed by atoms with Crippen molar-refractivity contribution in [2.45, 2.75) is 38.3 Å². The Kier molecular flexibility index (Phi) is 8.79. The van der Waals surface area contributed by atoms with E-state index >= 15 is 0 Å². The highest BCUT2D eigenvalue weighted by atomic mass is 19.1. The Morgan fingerprint density at radius 1 is 0.850 bits per heavy atom. The van der Waals surface area contributed by atoms with Gasteiger partial charge in [-0.1, -0.05) is 72.8 Å². The van der Waals surface area contributed by atoms with Gasteiger partial charge < -0.3 is 20.1 Å². The second kappa shape index (κ2) is 12.4. The Bertz CT molecular complexity index is 1400. The molecule has 4 aromatic rings. The molecule has 3 aromatic carbocycles. The van der Waals surface area contributed by atoms with Crippen molar-refractivity contribution < 1.29 is 23.5 Å². The first-order valence-electron chi connectivity index (χ1n) is 12.8. The van der Waals surface area contributed by atoms with Gasteiger partial charge in [-0.3, -0.25) is 9.78 Å². The third kappa shape index (κ3) is 7.02. The van der Waals surface area contributed by atoms with E-state index in [0.717, 1.165) is 17.3 Å². The molecule has 8 heteroatoms. The highest BCUT2D eigenvalue weighted by Gasteiger charge is 2.34. The topological polar surface area (TPSA) is 89.5 Å². The van der Waals surface area contributed by atoms with Crippen LogP contribution in [0.1, 0.15) is 37.8 Å². The first kappa shape index (κ1) is 28.3. The molecule has 0 aliphatic heterocycles. The van der Waals surface area contributed by atoms with Gasteiger partial charge in [0.05, 0.1) is 25.1 Å². The SMILES string of the molecule is COc1cncc(F)c1-c1ccc(NC(=O)[C@@H](NC(=O)OC(C)(C)C)C(c2ccccc2)c2ccccc2)cc1. The molecule has 7 nitrogen and oxygen atoms in total. The number of hydrogen-bond donors (Lipinski definition) is 2. The minimum absolute atomic E-state index is 0.271. The Labute approximate surface area is 233 Å². The number of halogens is 1. The average Bonchev–Trinajstić information content (AvgIpc) is 2.93. The summed E-state index contributed by atoms with van der Waals surface area (Å²) in [4.78, 5) is 30.6. The van der Waals surface area contributed by atoms with E-state index in [4.69, 9.17) is 9.47 Å². The van der Waals surface area contributed by atoms with Crippen LogP contribution in [0.4, 0.5) is 14.9 Å². The Morgan fingerprint density at radius 3 is 1.95 bits per heavy atom. The number of methoxy groups -OCH3 is 1. The molecule has 0 saturated heterocycles. The van der Waals surface area contributed by atoms with Crippen LogP contribution in [0.5, 0.6) is 5.75 Å². The summed E-state index contributed by atoms with van der Waals surface area (Å²) in [6, 6.07) is 24.7. The van der Waals surface area contributed by atoms with E-state index in [1.54, 1.807) is 45.0 Å². The van der Waals surface area contributed by atoms with Crippen LogP contribution in [0.3, 0.4) is 0 Å². The lowest BCUT2D eigenvalue weighted by molar-refractivity contribution is -0.118. The number of nitrogens with one attached hydrogen (secondary N) is 2. The third-order valence-electron chi connectivity index (χ3n) is 6.13. The molecule has 0 unspecified atom stereocenters. The molecule has 0 fully saturated rings. The molecule has 0 bridgehead atoms. The van der Waals surface area contributed by atoms with E-state index in [1.165, 1.54) is 13.3 Å². The normalized spacial score (nSPS) is 11.9. The summed E-state index contributed by atoms with van der Waals surface area (Å²) in [5.74, 6) is -1.17. The monoisotopic (exact) mass is 541 g/mol. The lowest BCUT2D eigenvalue weighted by Gasteiger charge is -2.29. The summed E-state index contributed by atoms with van der Waals surface area (Å²) >= 11 is 0. The van der Waals surface area contributed by atoms with E-state index in [9.17, 15) is 14.0 Å². The minimum atomic E-state index is -1.02. The van der Waals surface area contributed by atoms with Crippen molar-refractivity contribution in [3.05, 3.63) is 114 Å². The number of benzene rings is 3. The predicted octanol–water partition coefficient (Wildman–Crippen LogP) is 6.56. The number of carbonyl (C=O) groups excluding carboxylic acids is 2. The van der Waals surface area contributed by atoms with Crippen LogP contribution < -0.4 is 15.4 Å². The van der Waals surface area contributed by atoms with Crippen molar-refractivity contribution in [3.63, 3.8) is 0 Å². The van der Waals surface area contributed by atoms with Gasteiger partial charge in [0.1, 0.15) is 17.4 Å². The van der Waals surface area contributed by atoms with Crippen LogP contribution in [0.2, 0.25) is 0 Å². The van der Waals surface area contributed by atoms with Gasteiger partial charge >= 0.3 is 6.09 Å². The number of hydrogen-bond acceptors (Lipinski definition) is 5. The van der Waals surface area contributed by atoms with Crippen LogP contribution in [-0.2, 0) is 9.53 Å². The number of aromatic nitrogens is 1. The highest BCUT2D eigenvalue weighted by Crippen LogP contribution is 2.33. The van der Waals surface area contributed by atoms with Gasteiger partial charge in [-0.2, -0.15) is 0 Å². The second-order valence-electron chi connectivity index (χ2n) is 10.2. The van der Waals surface area contributed by atoms with Crippen molar-refractivity contribution in [2.24, 2.45) is 0 Å². The molecule has 0 aliphatic rings. The zero-order valence-corrected chi connectivity index (χ0v) is 22.9. The third-order valence-corrected chi connectivity index (χ3v) is 6.13. The minimum Gasteiger partial charge on any atom is -0.494 e. The molecule has 40 heavy (non-hydrogen) atoms. The maximum absolute atomic E-state index is 14.5. The van der Waals surface area contributed by atoms with Crippen molar-refractivity contribution in [1.82, 2.24) is 10.3 Å². The average molecular weight is 542 g/mol. The fourth-order valence-corrected chi connectivity index (χ4v) is 4.43. The largest absolute Gasteiger partial charge is 0.494 e. The summed E-state index contributed by atoms with van der Waals surface area (Å²) < 4.78 is 25.3. The molecular formula is C32H32FN3O4. The number of anilines is 1. The van der Waals surface area contributed by atoms with Gasteiger partial charge in [0.25, 0.3) is 0 Å². The fourth-order valence-electron chi connectivity index (χ4n) is 4.43. The molecule has 4 rings (SSSR count). The van der Waals surface area contributed by atoms with Gasteiger partial charge in [0, 0.05) is 11.6 Å². The highest BCUT2D eigenvalue weighted by molar-refractivity contribution is 5.98. The van der Waals surface area contributed by atoms with Gasteiger partial charge in [-0.15, -0.1) is 0 Å². The molecule has 2 amide bonds. The van der Waals surface area contributed by atoms with Crippen LogP contribution >= 0.6 is 0 Å². The number of alkyl carbamates (subject to hydrolysis) is 1. The Hall–Kier alpha value is -4.72. The molecule has 206 valence electrons. The first-order chi connectivity index (χ1) is 19.2. The number of nitrogens with zero attached hydrogens (tertiary/aromatic N) is 1. The maximum Gasteiger partial charge on any atom is 0.408 e. The molecule has 1 heterocycles. The van der Waals surface area contributed by atoms with Crippen LogP contribution in [0.15, 0.2) is 97.3 Å². The Balaban J connectivity index is 1.67. The van der Waals surface area contributed by atoms with Crippen LogP contribution in [-0.4, -0.2) is 35.7 Å². The van der Waals surface area contributed by atoms with Crippen LogP contribution in [0.25, 0.3) is 11.1 Å². The van der Waals surface area contributed by atoms with E-state index in [0.29, 0.717) is 17.0 Å². The van der Waals surface area contributed by atoms with Crippen LogP contribution in [0, 0.1) is 5.82 Å². The zero-order valence-electron chi connectivity index (χ0n) is 22.9. The summed E-state index contributed by atoms with van der Waals surface area (Å²) in [5, 5.41) is 5.71. The molecule has 1 aromatic heterocycles. The maximum atomic E-state index is 14.5. The predicted molar refractivity (Wildman–Crippen MR) is 153 cm³/mol. The molecule has 0 saturated carbocycles. The number of ether oxygens (including phenoxy) is 2. The molecular weight excluding hydrogens is 509 g/mol. The van der Waals surface area contributed by atoms with Crippen molar-refractivity contribution in [2.75, 3.05) is 12.4 Å². The fraction of sp³-hybridized carbons (Fsp3) is 0.219. The van der Waals surface area contributed by atoms with E-state index in [2.05, 4.69) is 15.6 Å². The van der Waals surface area contributed by atoms with Crippen molar-refractivity contribution in [1.29, 1.82) is 0 Å². The molecule has 0 aliphatic carbocycles. The summed E-state index contributed by atoms with van der Waals surface area (Å²) in [7, 11) is 1.45. The number of rotatable bonds is 8. The van der Waals surface area contributed by atoms with E-state index < -0.39 is 35.4 Å². The quantitative estimate of drug-likeness (QED) is 0.264. The summed E-state index contributed by atoms with van der Waals surface area (Å²) in [6.07, 6.45) is 1.85. The van der Waals surface area contributed by atoms with E-state index in [1.807, 2.05) is 60.7 Å². The molecule has 0 radical (unpaired) electrons. The van der Waals surface area contributed by atoms with Gasteiger partial charge in [-0.25, -0.2) is 9.18 Å². The number of pyridine rings is 1. The van der Waals surface area contributed by atoms with Crippen molar-refractivity contribution >= 4 is 17.7 Å². The first-order valence-corrected chi connectivity index (χ1v) is 12.8. The molecule has 0 spiro atoms. The number of amides is 2. The smallest absolute Gasteiger partial charge is 0.408 e. The van der Waals surface area contributed by atoms with Gasteiger partial charge in [0.15, 0.2) is 5.82 Å². The molecule has 1 atom stereocenters. The standard InChI is InChI=1S/C32H32FN3O4/c1-32(2,3)40-31(38)36-29(27(21-11-7-5-8-12-21)22-13-9-6-10-14-22)30(37)35-24-17-15-23(16-18-24)28-25(33)19-34-20-26(28)39-4/h5-20,27,29H,1-4H3,(H,35,37)(H,36,38)/t29-/m0/s1. The van der Waals surface area contributed by atoms with Crippen molar-refractivity contribution in [3.8, 4) is 16.9 Å².